The molecule has 1 aliphatic carbocycles. The van der Waals surface area contributed by atoms with E-state index in [4.69, 9.17) is 9.84 Å². The lowest BCUT2D eigenvalue weighted by atomic mass is 9.93. The van der Waals surface area contributed by atoms with Gasteiger partial charge in [0.05, 0.1) is 6.10 Å². The number of halogens is 4. The third-order valence-corrected chi connectivity index (χ3v) is 5.18. The number of carboxylic acid groups (broad SMARTS) is 1. The predicted octanol–water partition coefficient (Wildman–Crippen LogP) is 4.65. The van der Waals surface area contributed by atoms with E-state index < -0.39 is 42.3 Å². The van der Waals surface area contributed by atoms with Crippen LogP contribution in [0.3, 0.4) is 0 Å². The fourth-order valence-electron chi connectivity index (χ4n) is 3.62. The molecule has 2 aromatic rings. The van der Waals surface area contributed by atoms with Crippen LogP contribution in [0.15, 0.2) is 42.5 Å². The Morgan fingerprint density at radius 1 is 0.944 bits per heavy atom. The Bertz CT molecular complexity index is 1090. The molecule has 0 saturated heterocycles. The van der Waals surface area contributed by atoms with Crippen molar-refractivity contribution in [1.82, 2.24) is 5.32 Å². The predicted molar refractivity (Wildman–Crippen MR) is 119 cm³/mol. The van der Waals surface area contributed by atoms with Crippen molar-refractivity contribution in [2.24, 2.45) is 0 Å². The summed E-state index contributed by atoms with van der Waals surface area (Å²) in [6.45, 7) is 0. The van der Waals surface area contributed by atoms with Crippen LogP contribution in [0.5, 0.6) is 11.5 Å². The summed E-state index contributed by atoms with van der Waals surface area (Å²) in [4.78, 5) is 34.2. The molecule has 2 aromatic carbocycles. The van der Waals surface area contributed by atoms with E-state index in [1.165, 1.54) is 0 Å². The monoisotopic (exact) mass is 513 g/mol. The highest BCUT2D eigenvalue weighted by atomic mass is 19.4. The van der Waals surface area contributed by atoms with Crippen LogP contribution in [0.25, 0.3) is 0 Å². The molecule has 1 aliphatic rings. The summed E-state index contributed by atoms with van der Waals surface area (Å²) in [5.41, 5.74) is 0.411. The van der Waals surface area contributed by atoms with E-state index >= 15 is 0 Å². The number of benzene rings is 2. The van der Waals surface area contributed by atoms with Crippen LogP contribution in [0.4, 0.5) is 33.7 Å². The first-order chi connectivity index (χ1) is 17.0. The Labute approximate surface area is 202 Å². The van der Waals surface area contributed by atoms with Crippen molar-refractivity contribution in [2.45, 2.75) is 50.6 Å². The van der Waals surface area contributed by atoms with Gasteiger partial charge in [0.1, 0.15) is 12.2 Å². The van der Waals surface area contributed by atoms with Crippen molar-refractivity contribution < 1.29 is 46.5 Å². The standard InChI is InChI=1S/C23H23F4N3O6/c24-18-11-15(5-10-19(18)36-23(25,26)27)30-22(34)29-14-3-8-17(9-4-14)35-16-6-1-13(2-7-16)28-20(31)12-21(32)33/h1-2,5-7,10-11,14,17H,3-4,8-9,12H2,(H,28,31)(H,32,33)(H2,29,30,34). The van der Waals surface area contributed by atoms with Gasteiger partial charge in [0.25, 0.3) is 0 Å². The Hall–Kier alpha value is -4.03. The average molecular weight is 513 g/mol. The minimum Gasteiger partial charge on any atom is -0.490 e. The van der Waals surface area contributed by atoms with E-state index in [1.54, 1.807) is 24.3 Å². The number of carboxylic acids is 1. The fourth-order valence-corrected chi connectivity index (χ4v) is 3.62. The third-order valence-electron chi connectivity index (χ3n) is 5.18. The first-order valence-electron chi connectivity index (χ1n) is 10.9. The molecule has 0 bridgehead atoms. The summed E-state index contributed by atoms with van der Waals surface area (Å²) in [6, 6.07) is 8.30. The number of carbonyl (C=O) groups is 3. The van der Waals surface area contributed by atoms with Crippen molar-refractivity contribution in [3.05, 3.63) is 48.3 Å². The molecule has 194 valence electrons. The summed E-state index contributed by atoms with van der Waals surface area (Å²) in [7, 11) is 0. The molecule has 0 atom stereocenters. The molecule has 4 N–H and O–H groups in total. The Kier molecular flexibility index (Phi) is 8.56. The van der Waals surface area contributed by atoms with Crippen LogP contribution in [0.2, 0.25) is 0 Å². The number of alkyl halides is 3. The van der Waals surface area contributed by atoms with Gasteiger partial charge in [-0.25, -0.2) is 9.18 Å². The van der Waals surface area contributed by atoms with Gasteiger partial charge in [-0.05, 0) is 62.1 Å². The normalized spacial score (nSPS) is 17.6. The van der Waals surface area contributed by atoms with Crippen molar-refractivity contribution >= 4 is 29.3 Å². The number of carbonyl (C=O) groups excluding carboxylic acids is 2. The molecule has 1 fully saturated rings. The minimum absolute atomic E-state index is 0.0286. The maximum absolute atomic E-state index is 13.8. The van der Waals surface area contributed by atoms with Gasteiger partial charge >= 0.3 is 18.4 Å². The van der Waals surface area contributed by atoms with Crippen molar-refractivity contribution in [3.63, 3.8) is 0 Å². The van der Waals surface area contributed by atoms with E-state index in [0.717, 1.165) is 18.2 Å². The Morgan fingerprint density at radius 2 is 1.58 bits per heavy atom. The molecule has 13 heteroatoms. The largest absolute Gasteiger partial charge is 0.573 e. The maximum Gasteiger partial charge on any atom is 0.573 e. The van der Waals surface area contributed by atoms with Crippen molar-refractivity contribution in [2.75, 3.05) is 10.6 Å². The molecule has 0 heterocycles. The number of urea groups is 1. The number of rotatable bonds is 8. The fraction of sp³-hybridized carbons (Fsp3) is 0.348. The lowest BCUT2D eigenvalue weighted by Crippen LogP contribution is -2.41. The molecule has 0 aliphatic heterocycles. The number of nitrogens with one attached hydrogen (secondary N) is 3. The van der Waals surface area contributed by atoms with Gasteiger partial charge in [0.2, 0.25) is 5.91 Å². The number of anilines is 2. The van der Waals surface area contributed by atoms with E-state index in [-0.39, 0.29) is 17.8 Å². The van der Waals surface area contributed by atoms with Crippen molar-refractivity contribution in [3.8, 4) is 11.5 Å². The van der Waals surface area contributed by atoms with Crippen LogP contribution in [0, 0.1) is 5.82 Å². The second-order valence-corrected chi connectivity index (χ2v) is 8.03. The highest BCUT2D eigenvalue weighted by Crippen LogP contribution is 2.28. The van der Waals surface area contributed by atoms with Crippen LogP contribution in [-0.4, -0.2) is 41.5 Å². The molecule has 9 nitrogen and oxygen atoms in total. The second-order valence-electron chi connectivity index (χ2n) is 8.03. The summed E-state index contributed by atoms with van der Waals surface area (Å²) < 4.78 is 59.9. The number of amides is 3. The molecule has 0 spiro atoms. The zero-order chi connectivity index (χ0) is 26.3. The van der Waals surface area contributed by atoms with Gasteiger partial charge in [0.15, 0.2) is 11.6 Å². The topological polar surface area (TPSA) is 126 Å². The number of hydrogen-bond acceptors (Lipinski definition) is 5. The summed E-state index contributed by atoms with van der Waals surface area (Å²) >= 11 is 0. The van der Waals surface area contributed by atoms with Gasteiger partial charge < -0.3 is 30.5 Å². The SMILES string of the molecule is O=C(O)CC(=O)Nc1ccc(OC2CCC(NC(=O)Nc3ccc(OC(F)(F)F)c(F)c3)CC2)cc1. The zero-order valence-electron chi connectivity index (χ0n) is 18.7. The van der Waals surface area contributed by atoms with Gasteiger partial charge in [0, 0.05) is 23.5 Å². The molecule has 0 unspecified atom stereocenters. The number of aliphatic carboxylic acids is 1. The zero-order valence-corrected chi connectivity index (χ0v) is 18.7. The van der Waals surface area contributed by atoms with Crippen LogP contribution >= 0.6 is 0 Å². The van der Waals surface area contributed by atoms with Gasteiger partial charge in [-0.15, -0.1) is 13.2 Å². The second kappa shape index (κ2) is 11.6. The van der Waals surface area contributed by atoms with Gasteiger partial charge in [-0.3, -0.25) is 9.59 Å². The quantitative estimate of drug-likeness (QED) is 0.301. The first-order valence-corrected chi connectivity index (χ1v) is 10.9. The molecular formula is C23H23F4N3O6. The van der Waals surface area contributed by atoms with E-state index in [2.05, 4.69) is 20.7 Å². The summed E-state index contributed by atoms with van der Waals surface area (Å²) in [5.74, 6) is -3.55. The first kappa shape index (κ1) is 26.6. The molecule has 36 heavy (non-hydrogen) atoms. The average Bonchev–Trinajstić information content (AvgIpc) is 2.77. The summed E-state index contributed by atoms with van der Waals surface area (Å²) in [5, 5.41) is 16.2. The van der Waals surface area contributed by atoms with Crippen molar-refractivity contribution in [1.29, 1.82) is 0 Å². The molecule has 3 amide bonds. The molecule has 1 saturated carbocycles. The van der Waals surface area contributed by atoms with E-state index in [9.17, 15) is 31.9 Å². The van der Waals surface area contributed by atoms with Gasteiger partial charge in [-0.1, -0.05) is 0 Å². The highest BCUT2D eigenvalue weighted by molar-refractivity contribution is 6.01. The molecule has 0 aromatic heterocycles. The molecule has 3 rings (SSSR count). The number of hydrogen-bond donors (Lipinski definition) is 4. The lowest BCUT2D eigenvalue weighted by molar-refractivity contribution is -0.275. The lowest BCUT2D eigenvalue weighted by Gasteiger charge is -2.29. The van der Waals surface area contributed by atoms with Crippen LogP contribution in [0.1, 0.15) is 32.1 Å². The maximum atomic E-state index is 13.8. The minimum atomic E-state index is -5.03. The summed E-state index contributed by atoms with van der Waals surface area (Å²) in [6.07, 6.45) is -3.27. The highest BCUT2D eigenvalue weighted by Gasteiger charge is 2.32. The Morgan fingerprint density at radius 3 is 2.17 bits per heavy atom. The Balaban J connectivity index is 1.41. The van der Waals surface area contributed by atoms with Crippen LogP contribution in [-0.2, 0) is 9.59 Å². The molecule has 0 radical (unpaired) electrons. The molecular weight excluding hydrogens is 490 g/mol. The third kappa shape index (κ3) is 8.64. The number of ether oxygens (including phenoxy) is 2. The van der Waals surface area contributed by atoms with E-state index in [0.29, 0.717) is 37.1 Å². The smallest absolute Gasteiger partial charge is 0.490 e. The van der Waals surface area contributed by atoms with Crippen LogP contribution < -0.4 is 25.4 Å². The van der Waals surface area contributed by atoms with Gasteiger partial charge in [-0.2, -0.15) is 0 Å². The van der Waals surface area contributed by atoms with E-state index in [1.807, 2.05) is 0 Å².